The summed E-state index contributed by atoms with van der Waals surface area (Å²) < 4.78 is 6.44. The van der Waals surface area contributed by atoms with Gasteiger partial charge in [-0.05, 0) is 26.7 Å². The van der Waals surface area contributed by atoms with Crippen molar-refractivity contribution < 1.29 is 14.3 Å². The van der Waals surface area contributed by atoms with Gasteiger partial charge in [0, 0.05) is 6.04 Å². The van der Waals surface area contributed by atoms with Crippen LogP contribution in [0.2, 0.25) is 0 Å². The Morgan fingerprint density at radius 2 is 2.05 bits per heavy atom. The minimum absolute atomic E-state index is 0.0616. The van der Waals surface area contributed by atoms with Gasteiger partial charge in [0.05, 0.1) is 12.3 Å². The summed E-state index contributed by atoms with van der Waals surface area (Å²) in [7, 11) is 0. The third-order valence-electron chi connectivity index (χ3n) is 3.11. The Morgan fingerprint density at radius 3 is 2.62 bits per heavy atom. The molecule has 1 aromatic heterocycles. The number of esters is 1. The van der Waals surface area contributed by atoms with Crippen molar-refractivity contribution in [1.82, 2.24) is 20.3 Å². The van der Waals surface area contributed by atoms with Crippen LogP contribution in [-0.2, 0) is 22.5 Å². The maximum atomic E-state index is 11.9. The first-order valence-electron chi connectivity index (χ1n) is 7.42. The van der Waals surface area contributed by atoms with E-state index in [-0.39, 0.29) is 30.8 Å². The first-order valence-corrected chi connectivity index (χ1v) is 7.42. The van der Waals surface area contributed by atoms with E-state index in [0.717, 1.165) is 12.8 Å². The van der Waals surface area contributed by atoms with Gasteiger partial charge >= 0.3 is 5.97 Å². The van der Waals surface area contributed by atoms with Gasteiger partial charge in [0.15, 0.2) is 5.69 Å². The number of ether oxygens (including phenoxy) is 1. The van der Waals surface area contributed by atoms with Gasteiger partial charge in [-0.3, -0.25) is 4.79 Å². The number of hydrogen-bond acceptors (Lipinski definition) is 5. The Bertz CT molecular complexity index is 485. The van der Waals surface area contributed by atoms with Crippen molar-refractivity contribution in [3.05, 3.63) is 11.4 Å². The van der Waals surface area contributed by atoms with Crippen LogP contribution < -0.4 is 5.32 Å². The number of aromatic nitrogens is 3. The molecule has 0 radical (unpaired) electrons. The zero-order valence-corrected chi connectivity index (χ0v) is 13.2. The van der Waals surface area contributed by atoms with Crippen LogP contribution >= 0.6 is 0 Å². The van der Waals surface area contributed by atoms with Crippen molar-refractivity contribution in [2.75, 3.05) is 6.61 Å². The standard InChI is InChI=1S/C14H24N4O3/c1-5-8-11-13(14(20)21-7-3)16-17-18(11)9-12(19)15-10(4)6-2/h10H,5-9H2,1-4H3,(H,15,19). The third kappa shape index (κ3) is 4.84. The van der Waals surface area contributed by atoms with Gasteiger partial charge in [0.1, 0.15) is 6.54 Å². The predicted molar refractivity (Wildman–Crippen MR) is 77.9 cm³/mol. The normalized spacial score (nSPS) is 12.0. The number of rotatable bonds is 8. The molecule has 21 heavy (non-hydrogen) atoms. The van der Waals surface area contributed by atoms with Gasteiger partial charge in [-0.1, -0.05) is 25.5 Å². The Labute approximate surface area is 125 Å². The topological polar surface area (TPSA) is 86.1 Å². The molecule has 0 aliphatic heterocycles. The lowest BCUT2D eigenvalue weighted by atomic mass is 10.2. The van der Waals surface area contributed by atoms with Crippen molar-refractivity contribution in [3.8, 4) is 0 Å². The highest BCUT2D eigenvalue weighted by Gasteiger charge is 2.21. The summed E-state index contributed by atoms with van der Waals surface area (Å²) in [5, 5.41) is 10.6. The summed E-state index contributed by atoms with van der Waals surface area (Å²) in [5.74, 6) is -0.628. The fraction of sp³-hybridized carbons (Fsp3) is 0.714. The molecule has 0 aliphatic carbocycles. The summed E-state index contributed by atoms with van der Waals surface area (Å²) in [5.41, 5.74) is 0.852. The molecule has 1 N–H and O–H groups in total. The number of nitrogens with one attached hydrogen (secondary N) is 1. The van der Waals surface area contributed by atoms with E-state index in [1.165, 1.54) is 4.68 Å². The molecular formula is C14H24N4O3. The van der Waals surface area contributed by atoms with E-state index in [1.807, 2.05) is 20.8 Å². The number of carbonyl (C=O) groups excluding carboxylic acids is 2. The Hall–Kier alpha value is -1.92. The smallest absolute Gasteiger partial charge is 0.360 e. The molecule has 1 rings (SSSR count). The van der Waals surface area contributed by atoms with E-state index in [2.05, 4.69) is 15.6 Å². The summed E-state index contributed by atoms with van der Waals surface area (Å²) in [4.78, 5) is 23.8. The Kier molecular flexibility index (Phi) is 6.84. The molecule has 0 saturated carbocycles. The zero-order valence-electron chi connectivity index (χ0n) is 13.2. The fourth-order valence-corrected chi connectivity index (χ4v) is 1.86. The van der Waals surface area contributed by atoms with Gasteiger partial charge < -0.3 is 10.1 Å². The second-order valence-corrected chi connectivity index (χ2v) is 4.89. The minimum atomic E-state index is -0.491. The molecule has 0 saturated heterocycles. The molecule has 0 fully saturated rings. The molecule has 1 atom stereocenters. The van der Waals surface area contributed by atoms with Crippen LogP contribution in [-0.4, -0.2) is 39.5 Å². The highest BCUT2D eigenvalue weighted by Crippen LogP contribution is 2.10. The first-order chi connectivity index (χ1) is 10.0. The molecule has 0 aromatic carbocycles. The first kappa shape index (κ1) is 17.1. The number of carbonyl (C=O) groups is 2. The monoisotopic (exact) mass is 296 g/mol. The molecule has 1 amide bonds. The van der Waals surface area contributed by atoms with Crippen LogP contribution in [0, 0.1) is 0 Å². The SMILES string of the molecule is CCCc1c(C(=O)OCC)nnn1CC(=O)NC(C)CC. The van der Waals surface area contributed by atoms with E-state index in [0.29, 0.717) is 12.1 Å². The molecule has 118 valence electrons. The molecule has 1 heterocycles. The van der Waals surface area contributed by atoms with Crippen LogP contribution in [0.15, 0.2) is 0 Å². The van der Waals surface area contributed by atoms with Crippen LogP contribution in [0.1, 0.15) is 56.7 Å². The van der Waals surface area contributed by atoms with Crippen molar-refractivity contribution >= 4 is 11.9 Å². The van der Waals surface area contributed by atoms with Crippen LogP contribution in [0.4, 0.5) is 0 Å². The maximum Gasteiger partial charge on any atom is 0.360 e. The van der Waals surface area contributed by atoms with Crippen LogP contribution in [0.5, 0.6) is 0 Å². The van der Waals surface area contributed by atoms with E-state index >= 15 is 0 Å². The van der Waals surface area contributed by atoms with Gasteiger partial charge in [0.25, 0.3) is 0 Å². The minimum Gasteiger partial charge on any atom is -0.461 e. The molecule has 0 aliphatic rings. The van der Waals surface area contributed by atoms with Crippen LogP contribution in [0.3, 0.4) is 0 Å². The highest BCUT2D eigenvalue weighted by atomic mass is 16.5. The van der Waals surface area contributed by atoms with Crippen molar-refractivity contribution in [3.63, 3.8) is 0 Å². The lowest BCUT2D eigenvalue weighted by Gasteiger charge is -2.12. The molecule has 0 bridgehead atoms. The van der Waals surface area contributed by atoms with Crippen molar-refractivity contribution in [2.45, 2.75) is 59.5 Å². The molecular weight excluding hydrogens is 272 g/mol. The van der Waals surface area contributed by atoms with Crippen molar-refractivity contribution in [2.24, 2.45) is 0 Å². The second-order valence-electron chi connectivity index (χ2n) is 4.89. The highest BCUT2D eigenvalue weighted by molar-refractivity contribution is 5.88. The average molecular weight is 296 g/mol. The van der Waals surface area contributed by atoms with Gasteiger partial charge in [-0.2, -0.15) is 0 Å². The van der Waals surface area contributed by atoms with E-state index in [4.69, 9.17) is 4.74 Å². The lowest BCUT2D eigenvalue weighted by Crippen LogP contribution is -2.35. The van der Waals surface area contributed by atoms with E-state index < -0.39 is 5.97 Å². The Morgan fingerprint density at radius 1 is 1.33 bits per heavy atom. The molecule has 7 heteroatoms. The van der Waals surface area contributed by atoms with Crippen LogP contribution in [0.25, 0.3) is 0 Å². The summed E-state index contributed by atoms with van der Waals surface area (Å²) in [6.45, 7) is 8.02. The molecule has 1 aromatic rings. The molecule has 0 spiro atoms. The van der Waals surface area contributed by atoms with Gasteiger partial charge in [0.2, 0.25) is 5.91 Å². The Balaban J connectivity index is 2.87. The number of nitrogens with zero attached hydrogens (tertiary/aromatic N) is 3. The van der Waals surface area contributed by atoms with E-state index in [1.54, 1.807) is 6.92 Å². The predicted octanol–water partition coefficient (Wildman–Crippen LogP) is 1.32. The largest absolute Gasteiger partial charge is 0.461 e. The number of amides is 1. The average Bonchev–Trinajstić information content (AvgIpc) is 2.82. The van der Waals surface area contributed by atoms with Crippen molar-refractivity contribution in [1.29, 1.82) is 0 Å². The zero-order chi connectivity index (χ0) is 15.8. The second kappa shape index (κ2) is 8.39. The molecule has 7 nitrogen and oxygen atoms in total. The number of hydrogen-bond donors (Lipinski definition) is 1. The third-order valence-corrected chi connectivity index (χ3v) is 3.11. The fourth-order valence-electron chi connectivity index (χ4n) is 1.86. The van der Waals surface area contributed by atoms with Gasteiger partial charge in [-0.15, -0.1) is 5.10 Å². The van der Waals surface area contributed by atoms with Gasteiger partial charge in [-0.25, -0.2) is 9.48 Å². The summed E-state index contributed by atoms with van der Waals surface area (Å²) in [6, 6.07) is 0.111. The summed E-state index contributed by atoms with van der Waals surface area (Å²) >= 11 is 0. The quantitative estimate of drug-likeness (QED) is 0.731. The molecule has 1 unspecified atom stereocenters. The summed E-state index contributed by atoms with van der Waals surface area (Å²) in [6.07, 6.45) is 2.31. The van der Waals surface area contributed by atoms with E-state index in [9.17, 15) is 9.59 Å². The lowest BCUT2D eigenvalue weighted by molar-refractivity contribution is -0.122. The maximum absolute atomic E-state index is 11.9.